The van der Waals surface area contributed by atoms with Gasteiger partial charge in [0.25, 0.3) is 0 Å². The van der Waals surface area contributed by atoms with Gasteiger partial charge in [0, 0.05) is 23.7 Å². The van der Waals surface area contributed by atoms with Crippen molar-refractivity contribution in [2.45, 2.75) is 99.8 Å². The molecular weight excluding hydrogens is 600 g/mol. The summed E-state index contributed by atoms with van der Waals surface area (Å²) in [5, 5.41) is 17.6. The Morgan fingerprint density at radius 1 is 1.00 bits per heavy atom. The summed E-state index contributed by atoms with van der Waals surface area (Å²) in [5.41, 5.74) is 2.59. The van der Waals surface area contributed by atoms with Crippen molar-refractivity contribution in [2.75, 3.05) is 0 Å². The Morgan fingerprint density at radius 3 is 2.39 bits per heavy atom. The lowest BCUT2D eigenvalue weighted by atomic mass is 9.85. The number of ether oxygens (including phenoxy) is 2. The Hall–Kier alpha value is -2.96. The average Bonchev–Trinajstić information content (AvgIpc) is 3.47. The zero-order valence-electron chi connectivity index (χ0n) is 23.4. The van der Waals surface area contributed by atoms with Crippen LogP contribution in [0.4, 0.5) is 26.3 Å². The van der Waals surface area contributed by atoms with E-state index in [4.69, 9.17) is 9.47 Å². The number of hydrogen-bond donors (Lipinski definition) is 4. The number of fused-ring (bicyclic) bond motifs is 5. The summed E-state index contributed by atoms with van der Waals surface area (Å²) in [6.07, 6.45) is -12.4. The van der Waals surface area contributed by atoms with Gasteiger partial charge in [-0.1, -0.05) is 49.6 Å². The normalized spacial score (nSPS) is 33.8. The topological polar surface area (TPSA) is 136 Å². The van der Waals surface area contributed by atoms with E-state index in [2.05, 4.69) is 31.5 Å². The van der Waals surface area contributed by atoms with Crippen LogP contribution in [0.3, 0.4) is 0 Å². The maximum absolute atomic E-state index is 15.0. The molecule has 0 aliphatic carbocycles. The highest BCUT2D eigenvalue weighted by molar-refractivity contribution is 5.14. The van der Waals surface area contributed by atoms with Crippen molar-refractivity contribution in [3.05, 3.63) is 70.3 Å². The highest BCUT2D eigenvalue weighted by Crippen LogP contribution is 2.44. The molecule has 0 saturated carbocycles. The standard InChI is InChI=1S/C27H33F6N7O4/c28-26(29,30)17-14-19(40(41)42)20-23-38-39-24(44-23)25(27(31,32)33,43-15-16-8-3-1-4-9-16)11-6-2-5-10-18(36-21(17)37-20)22-34-12-7-13-35-22/h1,3-4,7-9,12-13,17-21,23-24,36-39H,2,5-6,10-11,14-15H2/t17?,18?,19?,20?,21?,23?,24?,25-/m1/s1. The molecule has 1 aromatic heterocycles. The molecule has 0 spiro atoms. The van der Waals surface area contributed by atoms with Crippen molar-refractivity contribution < 1.29 is 40.7 Å². The molecule has 11 nitrogen and oxygen atoms in total. The first-order chi connectivity index (χ1) is 20.9. The predicted molar refractivity (Wildman–Crippen MR) is 142 cm³/mol. The molecule has 0 radical (unpaired) electrons. The molecule has 4 N–H and O–H groups in total. The first-order valence-electron chi connectivity index (χ1n) is 14.3. The molecule has 8 atom stereocenters. The molecule has 5 rings (SSSR count). The van der Waals surface area contributed by atoms with Crippen LogP contribution in [0, 0.1) is 16.0 Å². The second-order valence-corrected chi connectivity index (χ2v) is 11.2. The molecule has 1 aromatic carbocycles. The van der Waals surface area contributed by atoms with Crippen LogP contribution in [-0.4, -0.2) is 63.6 Å². The van der Waals surface area contributed by atoms with E-state index in [-0.39, 0.29) is 25.1 Å². The summed E-state index contributed by atoms with van der Waals surface area (Å²) in [6.45, 7) is -0.404. The van der Waals surface area contributed by atoms with Gasteiger partial charge in [0.05, 0.1) is 24.7 Å². The van der Waals surface area contributed by atoms with Gasteiger partial charge in [0.2, 0.25) is 11.6 Å². The van der Waals surface area contributed by atoms with Gasteiger partial charge in [-0.3, -0.25) is 20.7 Å². The van der Waals surface area contributed by atoms with Gasteiger partial charge >= 0.3 is 12.4 Å². The molecule has 44 heavy (non-hydrogen) atoms. The minimum absolute atomic E-state index is 0.0384. The summed E-state index contributed by atoms with van der Waals surface area (Å²) in [7, 11) is 0. The maximum atomic E-state index is 15.0. The highest BCUT2D eigenvalue weighted by atomic mass is 19.4. The first-order valence-corrected chi connectivity index (χ1v) is 14.3. The number of halogens is 6. The number of nitrogens with one attached hydrogen (secondary N) is 4. The molecule has 17 heteroatoms. The lowest BCUT2D eigenvalue weighted by molar-refractivity contribution is -0.537. The van der Waals surface area contributed by atoms with Crippen molar-refractivity contribution >= 4 is 0 Å². The van der Waals surface area contributed by atoms with E-state index in [0.29, 0.717) is 12.0 Å². The highest BCUT2D eigenvalue weighted by Gasteiger charge is 2.64. The Labute approximate surface area is 248 Å². The minimum Gasteiger partial charge on any atom is -0.357 e. The average molecular weight is 634 g/mol. The van der Waals surface area contributed by atoms with E-state index >= 15 is 13.2 Å². The Kier molecular flexibility index (Phi) is 9.72. The lowest BCUT2D eigenvalue weighted by Gasteiger charge is -2.43. The second-order valence-electron chi connectivity index (χ2n) is 11.2. The number of hydrazine groups is 1. The zero-order chi connectivity index (χ0) is 31.5. The molecule has 242 valence electrons. The third-order valence-electron chi connectivity index (χ3n) is 8.40. The van der Waals surface area contributed by atoms with E-state index in [9.17, 15) is 23.3 Å². The van der Waals surface area contributed by atoms with Crippen molar-refractivity contribution in [1.29, 1.82) is 0 Å². The van der Waals surface area contributed by atoms with Gasteiger partial charge in [-0.05, 0) is 24.5 Å². The fourth-order valence-electron chi connectivity index (χ4n) is 6.09. The van der Waals surface area contributed by atoms with Gasteiger partial charge in [0.1, 0.15) is 18.1 Å². The number of nitrogens with zero attached hydrogens (tertiary/aromatic N) is 3. The van der Waals surface area contributed by atoms with Crippen LogP contribution in [-0.2, 0) is 16.1 Å². The molecule has 3 aliphatic rings. The van der Waals surface area contributed by atoms with Crippen LogP contribution in [0.1, 0.15) is 56.0 Å². The SMILES string of the molecule is O=[N+]([O-])C1CC(C(F)(F)F)C2NC(c3ncccn3)CCCCC[C@](OCc3ccccc3)(C(F)(F)F)C3NNC(O3)C1N2. The molecule has 2 aromatic rings. The van der Waals surface area contributed by atoms with Gasteiger partial charge in [-0.25, -0.2) is 20.8 Å². The lowest BCUT2D eigenvalue weighted by Crippen LogP contribution is -2.69. The maximum Gasteiger partial charge on any atom is 0.421 e. The Morgan fingerprint density at radius 2 is 1.73 bits per heavy atom. The zero-order valence-corrected chi connectivity index (χ0v) is 23.4. The van der Waals surface area contributed by atoms with Gasteiger partial charge in [-0.15, -0.1) is 0 Å². The van der Waals surface area contributed by atoms with E-state index in [1.54, 1.807) is 36.4 Å². The molecule has 4 heterocycles. The molecule has 4 bridgehead atoms. The van der Waals surface area contributed by atoms with Gasteiger partial charge in [-0.2, -0.15) is 26.3 Å². The molecule has 3 fully saturated rings. The van der Waals surface area contributed by atoms with Gasteiger partial charge in [0.15, 0.2) is 6.23 Å². The first kappa shape index (κ1) is 32.4. The van der Waals surface area contributed by atoms with E-state index < -0.39 is 85.0 Å². The van der Waals surface area contributed by atoms with Crippen LogP contribution in [0.2, 0.25) is 0 Å². The molecular formula is C27H33F6N7O4. The second kappa shape index (κ2) is 13.2. The van der Waals surface area contributed by atoms with Crippen molar-refractivity contribution in [2.24, 2.45) is 5.92 Å². The van der Waals surface area contributed by atoms with E-state index in [1.165, 1.54) is 12.4 Å². The van der Waals surface area contributed by atoms with Crippen LogP contribution < -0.4 is 21.5 Å². The number of hydrogen-bond acceptors (Lipinski definition) is 10. The van der Waals surface area contributed by atoms with Crippen LogP contribution in [0.5, 0.6) is 0 Å². The number of nitro groups is 1. The molecule has 3 aliphatic heterocycles. The van der Waals surface area contributed by atoms with Crippen molar-refractivity contribution in [1.82, 2.24) is 31.5 Å². The third-order valence-corrected chi connectivity index (χ3v) is 8.40. The molecule has 7 unspecified atom stereocenters. The van der Waals surface area contributed by atoms with E-state index in [1.807, 2.05) is 0 Å². The van der Waals surface area contributed by atoms with Crippen molar-refractivity contribution in [3.8, 4) is 0 Å². The quantitative estimate of drug-likeness (QED) is 0.218. The fourth-order valence-corrected chi connectivity index (χ4v) is 6.09. The smallest absolute Gasteiger partial charge is 0.357 e. The number of rotatable bonds is 5. The number of aromatic nitrogens is 2. The third kappa shape index (κ3) is 6.97. The molecule has 0 amide bonds. The Bertz CT molecular complexity index is 1240. The summed E-state index contributed by atoms with van der Waals surface area (Å²) in [6, 6.07) is 5.67. The number of benzene rings is 1. The Balaban J connectivity index is 1.51. The van der Waals surface area contributed by atoms with Gasteiger partial charge < -0.3 is 9.47 Å². The van der Waals surface area contributed by atoms with Crippen LogP contribution in [0.25, 0.3) is 0 Å². The monoisotopic (exact) mass is 633 g/mol. The number of piperidine rings is 1. The van der Waals surface area contributed by atoms with E-state index in [0.717, 1.165) is 0 Å². The fraction of sp³-hybridized carbons (Fsp3) is 0.630. The summed E-state index contributed by atoms with van der Waals surface area (Å²) >= 11 is 0. The van der Waals surface area contributed by atoms with Crippen LogP contribution >= 0.6 is 0 Å². The summed E-state index contributed by atoms with van der Waals surface area (Å²) in [4.78, 5) is 19.6. The minimum atomic E-state index is -4.96. The van der Waals surface area contributed by atoms with Crippen molar-refractivity contribution in [3.63, 3.8) is 0 Å². The molecule has 3 saturated heterocycles. The summed E-state index contributed by atoms with van der Waals surface area (Å²) in [5.74, 6) is -2.00. The number of alkyl halides is 6. The summed E-state index contributed by atoms with van der Waals surface area (Å²) < 4.78 is 99.3. The predicted octanol–water partition coefficient (Wildman–Crippen LogP) is 3.88. The van der Waals surface area contributed by atoms with Crippen LogP contribution in [0.15, 0.2) is 48.8 Å². The largest absolute Gasteiger partial charge is 0.421 e.